The van der Waals surface area contributed by atoms with Crippen molar-refractivity contribution in [1.29, 1.82) is 0 Å². The Hall–Kier alpha value is -2.43. The number of hydrogen-bond acceptors (Lipinski definition) is 6. The van der Waals surface area contributed by atoms with Crippen LogP contribution in [0.5, 0.6) is 5.75 Å². The quantitative estimate of drug-likeness (QED) is 0.634. The number of sulfonamides is 1. The summed E-state index contributed by atoms with van der Waals surface area (Å²) in [6.07, 6.45) is 1.74. The molecule has 1 fully saturated rings. The number of benzene rings is 1. The first-order valence-electron chi connectivity index (χ1n) is 9.30. The number of ether oxygens (including phenoxy) is 1. The second kappa shape index (κ2) is 9.86. The van der Waals surface area contributed by atoms with Crippen LogP contribution in [0, 0.1) is 0 Å². The Morgan fingerprint density at radius 3 is 2.66 bits per heavy atom. The van der Waals surface area contributed by atoms with E-state index in [1.54, 1.807) is 13.3 Å². The monoisotopic (exact) mass is 435 g/mol. The van der Waals surface area contributed by atoms with Gasteiger partial charge in [0.25, 0.3) is 0 Å². The SMILES string of the molecule is COc1cccc(NC(=S)NCCS(=O)(=O)N2CCN(c3ccccn3)CC2)c1. The Morgan fingerprint density at radius 2 is 1.97 bits per heavy atom. The van der Waals surface area contributed by atoms with Crippen LogP contribution in [0.25, 0.3) is 0 Å². The van der Waals surface area contributed by atoms with Crippen LogP contribution in [0.2, 0.25) is 0 Å². The lowest BCUT2D eigenvalue weighted by Crippen LogP contribution is -2.50. The Morgan fingerprint density at radius 1 is 1.17 bits per heavy atom. The summed E-state index contributed by atoms with van der Waals surface area (Å²) < 4.78 is 32.0. The van der Waals surface area contributed by atoms with E-state index in [9.17, 15) is 8.42 Å². The molecule has 1 aromatic heterocycles. The number of nitrogens with zero attached hydrogens (tertiary/aromatic N) is 3. The fourth-order valence-electron chi connectivity index (χ4n) is 3.03. The first-order chi connectivity index (χ1) is 14.0. The molecule has 1 aromatic carbocycles. The van der Waals surface area contributed by atoms with Crippen molar-refractivity contribution in [2.45, 2.75) is 0 Å². The van der Waals surface area contributed by atoms with E-state index < -0.39 is 10.0 Å². The van der Waals surface area contributed by atoms with E-state index in [0.29, 0.717) is 37.0 Å². The van der Waals surface area contributed by atoms with Crippen molar-refractivity contribution in [2.24, 2.45) is 0 Å². The molecule has 10 heteroatoms. The molecule has 1 aliphatic heterocycles. The molecule has 2 aromatic rings. The molecule has 29 heavy (non-hydrogen) atoms. The predicted molar refractivity (Wildman–Crippen MR) is 119 cm³/mol. The van der Waals surface area contributed by atoms with Crippen molar-refractivity contribution in [2.75, 3.05) is 55.8 Å². The summed E-state index contributed by atoms with van der Waals surface area (Å²) in [5.41, 5.74) is 0.773. The topological polar surface area (TPSA) is 86.8 Å². The zero-order chi connectivity index (χ0) is 20.7. The molecule has 0 atom stereocenters. The van der Waals surface area contributed by atoms with E-state index in [4.69, 9.17) is 17.0 Å². The number of pyridine rings is 1. The zero-order valence-corrected chi connectivity index (χ0v) is 17.9. The Labute approximate surface area is 176 Å². The molecule has 1 saturated heterocycles. The molecule has 0 spiro atoms. The molecule has 8 nitrogen and oxygen atoms in total. The maximum absolute atomic E-state index is 12.6. The van der Waals surface area contributed by atoms with Crippen molar-refractivity contribution in [3.8, 4) is 5.75 Å². The number of hydrogen-bond donors (Lipinski definition) is 2. The average Bonchev–Trinajstić information content (AvgIpc) is 2.74. The number of anilines is 2. The highest BCUT2D eigenvalue weighted by molar-refractivity contribution is 7.89. The minimum Gasteiger partial charge on any atom is -0.497 e. The van der Waals surface area contributed by atoms with Gasteiger partial charge in [-0.25, -0.2) is 13.4 Å². The van der Waals surface area contributed by atoms with Crippen LogP contribution in [0.3, 0.4) is 0 Å². The Kier molecular flexibility index (Phi) is 7.24. The number of aromatic nitrogens is 1. The summed E-state index contributed by atoms with van der Waals surface area (Å²) in [6.45, 7) is 2.38. The second-order valence-corrected chi connectivity index (χ2v) is 9.00. The van der Waals surface area contributed by atoms with Crippen LogP contribution in [0.15, 0.2) is 48.7 Å². The molecule has 0 unspecified atom stereocenters. The van der Waals surface area contributed by atoms with E-state index in [-0.39, 0.29) is 12.3 Å². The molecule has 0 saturated carbocycles. The molecule has 0 amide bonds. The normalized spacial score (nSPS) is 15.0. The minimum atomic E-state index is -3.35. The smallest absolute Gasteiger partial charge is 0.215 e. The van der Waals surface area contributed by atoms with Gasteiger partial charge in [0.05, 0.1) is 12.9 Å². The van der Waals surface area contributed by atoms with Gasteiger partial charge in [0.2, 0.25) is 10.0 Å². The molecule has 1 aliphatic rings. The van der Waals surface area contributed by atoms with Gasteiger partial charge in [-0.1, -0.05) is 12.1 Å². The molecule has 2 heterocycles. The van der Waals surface area contributed by atoms with Crippen LogP contribution in [0.4, 0.5) is 11.5 Å². The lowest BCUT2D eigenvalue weighted by molar-refractivity contribution is 0.384. The predicted octanol–water partition coefficient (Wildman–Crippen LogP) is 1.53. The highest BCUT2D eigenvalue weighted by atomic mass is 32.2. The summed E-state index contributed by atoms with van der Waals surface area (Å²) in [7, 11) is -1.76. The van der Waals surface area contributed by atoms with E-state index in [1.165, 1.54) is 4.31 Å². The van der Waals surface area contributed by atoms with Gasteiger partial charge in [-0.05, 0) is 36.5 Å². The largest absolute Gasteiger partial charge is 0.497 e. The number of thiocarbonyl (C=S) groups is 1. The van der Waals surface area contributed by atoms with Gasteiger partial charge < -0.3 is 20.3 Å². The van der Waals surface area contributed by atoms with Gasteiger partial charge in [0.1, 0.15) is 11.6 Å². The molecule has 0 aliphatic carbocycles. The third-order valence-corrected chi connectivity index (χ3v) is 6.70. The Bertz CT molecular complexity index is 916. The molecule has 2 N–H and O–H groups in total. The standard InChI is InChI=1S/C19H25N5O3S2/c1-27-17-6-4-5-16(15-17)22-19(28)21-9-14-29(25,26)24-12-10-23(11-13-24)18-7-2-3-8-20-18/h2-8,15H,9-14H2,1H3,(H2,21,22,28). The summed E-state index contributed by atoms with van der Waals surface area (Å²) in [5.74, 6) is 1.57. The van der Waals surface area contributed by atoms with E-state index >= 15 is 0 Å². The number of nitrogens with one attached hydrogen (secondary N) is 2. The van der Waals surface area contributed by atoms with Crippen molar-refractivity contribution >= 4 is 38.9 Å². The minimum absolute atomic E-state index is 0.0173. The van der Waals surface area contributed by atoms with Crippen LogP contribution in [0.1, 0.15) is 0 Å². The van der Waals surface area contributed by atoms with Crippen molar-refractivity contribution in [3.05, 3.63) is 48.7 Å². The number of piperazine rings is 1. The van der Waals surface area contributed by atoms with E-state index in [1.807, 2.05) is 42.5 Å². The van der Waals surface area contributed by atoms with E-state index in [2.05, 4.69) is 20.5 Å². The fraction of sp³-hybridized carbons (Fsp3) is 0.368. The van der Waals surface area contributed by atoms with Gasteiger partial charge in [0.15, 0.2) is 5.11 Å². The second-order valence-electron chi connectivity index (χ2n) is 6.50. The van der Waals surface area contributed by atoms with Gasteiger partial charge in [-0.3, -0.25) is 0 Å². The molecule has 0 radical (unpaired) electrons. The van der Waals surface area contributed by atoms with Crippen LogP contribution < -0.4 is 20.3 Å². The molecule has 0 bridgehead atoms. The molecular weight excluding hydrogens is 410 g/mol. The molecule has 3 rings (SSSR count). The fourth-order valence-corrected chi connectivity index (χ4v) is 4.59. The highest BCUT2D eigenvalue weighted by Gasteiger charge is 2.27. The van der Waals surface area contributed by atoms with Gasteiger partial charge in [0, 0.05) is 50.7 Å². The number of methoxy groups -OCH3 is 1. The van der Waals surface area contributed by atoms with Crippen LogP contribution in [-0.4, -0.2) is 68.4 Å². The highest BCUT2D eigenvalue weighted by Crippen LogP contribution is 2.17. The summed E-state index contributed by atoms with van der Waals surface area (Å²) in [6, 6.07) is 13.1. The van der Waals surface area contributed by atoms with E-state index in [0.717, 1.165) is 11.5 Å². The number of rotatable bonds is 7. The third kappa shape index (κ3) is 6.02. The Balaban J connectivity index is 1.43. The maximum atomic E-state index is 12.6. The first kappa shape index (κ1) is 21.3. The van der Waals surface area contributed by atoms with Crippen LogP contribution >= 0.6 is 12.2 Å². The maximum Gasteiger partial charge on any atom is 0.215 e. The summed E-state index contributed by atoms with van der Waals surface area (Å²) >= 11 is 5.24. The van der Waals surface area contributed by atoms with Crippen molar-refractivity contribution < 1.29 is 13.2 Å². The van der Waals surface area contributed by atoms with Crippen LogP contribution in [-0.2, 0) is 10.0 Å². The van der Waals surface area contributed by atoms with Gasteiger partial charge in [-0.2, -0.15) is 4.31 Å². The average molecular weight is 436 g/mol. The molecular formula is C19H25N5O3S2. The van der Waals surface area contributed by atoms with Gasteiger partial charge in [-0.15, -0.1) is 0 Å². The van der Waals surface area contributed by atoms with Gasteiger partial charge >= 0.3 is 0 Å². The van der Waals surface area contributed by atoms with Crippen molar-refractivity contribution in [1.82, 2.24) is 14.6 Å². The third-order valence-electron chi connectivity index (χ3n) is 4.58. The summed E-state index contributed by atoms with van der Waals surface area (Å²) in [5, 5.41) is 6.35. The first-order valence-corrected chi connectivity index (χ1v) is 11.3. The molecule has 156 valence electrons. The lowest BCUT2D eigenvalue weighted by atomic mass is 10.3. The van der Waals surface area contributed by atoms with Crippen molar-refractivity contribution in [3.63, 3.8) is 0 Å². The summed E-state index contributed by atoms with van der Waals surface area (Å²) in [4.78, 5) is 6.42. The zero-order valence-electron chi connectivity index (χ0n) is 16.2. The lowest BCUT2D eigenvalue weighted by Gasteiger charge is -2.34.